The predicted octanol–water partition coefficient (Wildman–Crippen LogP) is 6.43. The molecule has 2 aliphatic heterocycles. The number of carbonyl (C=O) groups excluding carboxylic acids is 4. The van der Waals surface area contributed by atoms with Gasteiger partial charge in [-0.3, -0.25) is 14.6 Å². The first kappa shape index (κ1) is 51.2. The van der Waals surface area contributed by atoms with E-state index in [1.807, 2.05) is 71.3 Å². The maximum absolute atomic E-state index is 12.6. The number of carboxylic acids is 1. The van der Waals surface area contributed by atoms with Crippen molar-refractivity contribution in [2.24, 2.45) is 0 Å². The van der Waals surface area contributed by atoms with Gasteiger partial charge in [0.2, 0.25) is 0 Å². The van der Waals surface area contributed by atoms with E-state index < -0.39 is 47.0 Å². The average molecular weight is 864 g/mol. The summed E-state index contributed by atoms with van der Waals surface area (Å²) < 4.78 is 25.8. The van der Waals surface area contributed by atoms with Crippen LogP contribution in [0.1, 0.15) is 52.7 Å². The van der Waals surface area contributed by atoms with Crippen molar-refractivity contribution in [2.75, 3.05) is 54.6 Å². The third kappa shape index (κ3) is 20.4. The SMILES string of the molecule is CC(C)(C)OC(=O)N1C[C@H](C(=O)O)OCC1Cc1ccc(Cl)cc1.CNC.CNC(=O)[C@H]1CN(C(=O)OC(C)(C)C)C(Cc2ccc(Cl)cc2)CO1.COC(=O)Cl. The van der Waals surface area contributed by atoms with Gasteiger partial charge in [0.15, 0.2) is 12.2 Å². The number of morpholine rings is 2. The third-order valence-electron chi connectivity index (χ3n) is 7.59. The normalized spacial score (nSPS) is 19.1. The molecule has 0 aromatic heterocycles. The number of hydrogen-bond donors (Lipinski definition) is 3. The van der Waals surface area contributed by atoms with E-state index in [1.165, 1.54) is 12.0 Å². The van der Waals surface area contributed by atoms with Gasteiger partial charge in [0.05, 0.1) is 45.5 Å². The van der Waals surface area contributed by atoms with E-state index in [4.69, 9.17) is 47.3 Å². The number of likely N-dealkylation sites (N-methyl/N-ethyl adjacent to an activating group) is 1. The lowest BCUT2D eigenvalue weighted by molar-refractivity contribution is -0.158. The summed E-state index contributed by atoms with van der Waals surface area (Å²) >= 11 is 16.4. The molecule has 0 radical (unpaired) electrons. The Morgan fingerprint density at radius 1 is 0.719 bits per heavy atom. The van der Waals surface area contributed by atoms with Gasteiger partial charge in [-0.25, -0.2) is 19.2 Å². The number of ether oxygens (including phenoxy) is 5. The van der Waals surface area contributed by atoms with Crippen LogP contribution in [-0.4, -0.2) is 134 Å². The largest absolute Gasteiger partial charge is 0.479 e. The van der Waals surface area contributed by atoms with Gasteiger partial charge >= 0.3 is 23.6 Å². The van der Waals surface area contributed by atoms with Crippen molar-refractivity contribution in [3.8, 4) is 0 Å². The standard InChI is InChI=1S/C18H25ClN2O4.C17H22ClNO5.C2H3ClO2.C2H7N/c1-18(2,3)25-17(23)21-10-15(16(22)20-4)24-11-14(21)9-12-5-7-13(19)8-6-12;1-17(2,3)24-16(22)19-9-14(15(20)21)23-10-13(19)8-11-4-6-12(18)7-5-11;1-5-2(3)4;1-3-2/h5-8,14-15H,9-11H2,1-4H3,(H,20,22);4-7,13-14H,8-10H2,1-3H3,(H,20,21);1H3;3H,1-2H3/t14?,15-;13?,14-;;/m11../s1. The molecule has 3 amide bonds. The van der Waals surface area contributed by atoms with E-state index in [0.29, 0.717) is 22.9 Å². The van der Waals surface area contributed by atoms with E-state index in [0.717, 1.165) is 11.1 Å². The summed E-state index contributed by atoms with van der Waals surface area (Å²) in [5, 5.41) is 15.8. The summed E-state index contributed by atoms with van der Waals surface area (Å²) in [6.45, 7) is 11.3. The van der Waals surface area contributed by atoms with Gasteiger partial charge in [0.1, 0.15) is 11.2 Å². The van der Waals surface area contributed by atoms with Crippen molar-refractivity contribution >= 4 is 64.3 Å². The molecule has 57 heavy (non-hydrogen) atoms. The molecule has 18 heteroatoms. The first-order valence-corrected chi connectivity index (χ1v) is 19.1. The summed E-state index contributed by atoms with van der Waals surface area (Å²) in [6, 6.07) is 14.3. The number of aliphatic carboxylic acids is 1. The number of carboxylic acid groups (broad SMARTS) is 1. The van der Waals surface area contributed by atoms with Crippen LogP contribution in [0.5, 0.6) is 0 Å². The summed E-state index contributed by atoms with van der Waals surface area (Å²) in [7, 11) is 6.51. The quantitative estimate of drug-likeness (QED) is 0.214. The zero-order valence-electron chi connectivity index (χ0n) is 34.2. The molecule has 4 rings (SSSR count). The second kappa shape index (κ2) is 24.8. The Kier molecular flexibility index (Phi) is 22.3. The zero-order valence-corrected chi connectivity index (χ0v) is 36.5. The molecule has 2 fully saturated rings. The minimum absolute atomic E-state index is 0.0392. The predicted molar refractivity (Wildman–Crippen MR) is 218 cm³/mol. The van der Waals surface area contributed by atoms with Crippen LogP contribution in [-0.2, 0) is 46.1 Å². The second-order valence-electron chi connectivity index (χ2n) is 14.8. The molecular formula is C39H57Cl3N4O11. The fraction of sp³-hybridized carbons (Fsp3) is 0.564. The molecule has 4 atom stereocenters. The van der Waals surface area contributed by atoms with Gasteiger partial charge in [-0.15, -0.1) is 0 Å². The Morgan fingerprint density at radius 2 is 1.05 bits per heavy atom. The number of nitrogens with zero attached hydrogens (tertiary/aromatic N) is 2. The number of amides is 3. The minimum atomic E-state index is -1.09. The van der Waals surface area contributed by atoms with Crippen molar-refractivity contribution < 1.29 is 52.8 Å². The summed E-state index contributed by atoms with van der Waals surface area (Å²) in [5.74, 6) is -1.34. The molecule has 15 nitrogen and oxygen atoms in total. The Hall–Kier alpha value is -3.86. The topological polar surface area (TPSA) is 182 Å². The van der Waals surface area contributed by atoms with Crippen LogP contribution in [0.3, 0.4) is 0 Å². The lowest BCUT2D eigenvalue weighted by Gasteiger charge is -2.39. The van der Waals surface area contributed by atoms with Crippen LogP contribution in [0.15, 0.2) is 48.5 Å². The number of halogens is 3. The molecule has 0 bridgehead atoms. The molecule has 0 aliphatic carbocycles. The highest BCUT2D eigenvalue weighted by molar-refractivity contribution is 6.61. The van der Waals surface area contributed by atoms with Crippen LogP contribution in [0, 0.1) is 0 Å². The van der Waals surface area contributed by atoms with Gasteiger partial charge in [-0.1, -0.05) is 47.5 Å². The Morgan fingerprint density at radius 3 is 1.35 bits per heavy atom. The van der Waals surface area contributed by atoms with Crippen molar-refractivity contribution in [1.82, 2.24) is 20.4 Å². The second-order valence-corrected chi connectivity index (χ2v) is 16.0. The minimum Gasteiger partial charge on any atom is -0.479 e. The Bertz CT molecular complexity index is 1570. The molecule has 2 saturated heterocycles. The highest BCUT2D eigenvalue weighted by atomic mass is 35.5. The Balaban J connectivity index is 0.000000480. The maximum atomic E-state index is 12.6. The number of nitrogens with one attached hydrogen (secondary N) is 2. The van der Waals surface area contributed by atoms with Gasteiger partial charge in [0.25, 0.3) is 5.91 Å². The van der Waals surface area contributed by atoms with Crippen LogP contribution in [0.2, 0.25) is 10.0 Å². The number of methoxy groups -OCH3 is 1. The van der Waals surface area contributed by atoms with Gasteiger partial charge in [0, 0.05) is 28.7 Å². The van der Waals surface area contributed by atoms with Gasteiger partial charge in [-0.2, -0.15) is 0 Å². The number of hydrogen-bond acceptors (Lipinski definition) is 11. The summed E-state index contributed by atoms with van der Waals surface area (Å²) in [4.78, 5) is 60.6. The maximum Gasteiger partial charge on any atom is 0.410 e. The van der Waals surface area contributed by atoms with Crippen molar-refractivity contribution in [3.05, 3.63) is 69.7 Å². The van der Waals surface area contributed by atoms with Gasteiger partial charge in [-0.05, 0) is 104 Å². The molecule has 2 aromatic rings. The van der Waals surface area contributed by atoms with Crippen molar-refractivity contribution in [2.45, 2.75) is 89.9 Å². The van der Waals surface area contributed by atoms with Crippen molar-refractivity contribution in [1.29, 1.82) is 0 Å². The first-order valence-electron chi connectivity index (χ1n) is 18.0. The van der Waals surface area contributed by atoms with Crippen LogP contribution in [0.25, 0.3) is 0 Å². The molecule has 0 saturated carbocycles. The van der Waals surface area contributed by atoms with Crippen LogP contribution in [0.4, 0.5) is 14.4 Å². The Labute approximate surface area is 350 Å². The zero-order chi connectivity index (χ0) is 43.5. The van der Waals surface area contributed by atoms with Crippen LogP contribution >= 0.6 is 34.8 Å². The molecule has 2 aliphatic rings. The summed E-state index contributed by atoms with van der Waals surface area (Å²) in [6.07, 6.45) is -1.59. The molecular weight excluding hydrogens is 807 g/mol. The lowest BCUT2D eigenvalue weighted by Crippen LogP contribution is -2.57. The molecule has 0 spiro atoms. The third-order valence-corrected chi connectivity index (χ3v) is 8.24. The van der Waals surface area contributed by atoms with E-state index >= 15 is 0 Å². The van der Waals surface area contributed by atoms with Crippen LogP contribution < -0.4 is 10.6 Å². The number of rotatable bonds is 6. The fourth-order valence-corrected chi connectivity index (χ4v) is 5.33. The summed E-state index contributed by atoms with van der Waals surface area (Å²) in [5.41, 5.74) is -0.0212. The lowest BCUT2D eigenvalue weighted by atomic mass is 10.0. The highest BCUT2D eigenvalue weighted by Crippen LogP contribution is 2.23. The number of benzene rings is 2. The van der Waals surface area contributed by atoms with E-state index in [1.54, 1.807) is 44.9 Å². The molecule has 320 valence electrons. The van der Waals surface area contributed by atoms with E-state index in [2.05, 4.69) is 27.0 Å². The number of carbonyl (C=O) groups is 5. The van der Waals surface area contributed by atoms with Crippen molar-refractivity contribution in [3.63, 3.8) is 0 Å². The fourth-order valence-electron chi connectivity index (χ4n) is 5.08. The average Bonchev–Trinajstić information content (AvgIpc) is 3.12. The molecule has 2 aromatic carbocycles. The van der Waals surface area contributed by atoms with E-state index in [-0.39, 0.29) is 44.3 Å². The first-order chi connectivity index (χ1) is 26.5. The molecule has 3 N–H and O–H groups in total. The molecule has 2 heterocycles. The van der Waals surface area contributed by atoms with Gasteiger partial charge < -0.3 is 39.4 Å². The smallest absolute Gasteiger partial charge is 0.410 e. The highest BCUT2D eigenvalue weighted by Gasteiger charge is 2.39. The molecule has 2 unspecified atom stereocenters. The monoisotopic (exact) mass is 862 g/mol. The van der Waals surface area contributed by atoms with E-state index in [9.17, 15) is 24.0 Å².